The van der Waals surface area contributed by atoms with E-state index in [-0.39, 0.29) is 5.54 Å². The normalized spacial score (nSPS) is 34.0. The Morgan fingerprint density at radius 1 is 1.04 bits per heavy atom. The van der Waals surface area contributed by atoms with Gasteiger partial charge in [0.1, 0.15) is 0 Å². The largest absolute Gasteiger partial charge is 0.378 e. The summed E-state index contributed by atoms with van der Waals surface area (Å²) in [5.74, 6) is 1.74. The van der Waals surface area contributed by atoms with Gasteiger partial charge in [-0.25, -0.2) is 0 Å². The second kappa shape index (κ2) is 11.0. The molecule has 1 heterocycles. The van der Waals surface area contributed by atoms with Gasteiger partial charge in [-0.15, -0.1) is 0 Å². The molecule has 2 N–H and O–H groups in total. The minimum atomic E-state index is 0.179. The van der Waals surface area contributed by atoms with Crippen molar-refractivity contribution in [2.75, 3.05) is 19.9 Å². The standard InChI is InChI=1S/C22H42N2O2/c1-2-3-14-25-21-11-7-10-20(15-21)16-22(17-26-24-18-23-22)13-12-19-8-5-4-6-9-19/h19-21,23-24H,2-18H2,1H3/t20?,21?,22-/m1/s1. The zero-order valence-corrected chi connectivity index (χ0v) is 17.1. The predicted octanol–water partition coefficient (Wildman–Crippen LogP) is 4.93. The Hall–Kier alpha value is -0.160. The van der Waals surface area contributed by atoms with Crippen LogP contribution in [0.4, 0.5) is 0 Å². The van der Waals surface area contributed by atoms with Crippen molar-refractivity contribution in [1.82, 2.24) is 10.8 Å². The highest BCUT2D eigenvalue weighted by atomic mass is 16.6. The van der Waals surface area contributed by atoms with Crippen LogP contribution in [0.15, 0.2) is 0 Å². The van der Waals surface area contributed by atoms with Crippen molar-refractivity contribution in [3.05, 3.63) is 0 Å². The number of nitrogens with one attached hydrogen (secondary N) is 2. The fourth-order valence-electron chi connectivity index (χ4n) is 5.39. The van der Waals surface area contributed by atoms with Crippen LogP contribution in [0, 0.1) is 11.8 Å². The lowest BCUT2D eigenvalue weighted by molar-refractivity contribution is -0.0672. The minimum Gasteiger partial charge on any atom is -0.378 e. The average molecular weight is 367 g/mol. The molecule has 1 saturated heterocycles. The van der Waals surface area contributed by atoms with E-state index in [0.29, 0.717) is 6.10 Å². The molecule has 152 valence electrons. The number of hydrogen-bond acceptors (Lipinski definition) is 4. The van der Waals surface area contributed by atoms with Crippen molar-refractivity contribution in [2.24, 2.45) is 11.8 Å². The molecule has 0 spiro atoms. The zero-order valence-electron chi connectivity index (χ0n) is 17.1. The maximum atomic E-state index is 6.17. The molecule has 4 nitrogen and oxygen atoms in total. The summed E-state index contributed by atoms with van der Waals surface area (Å²) in [7, 11) is 0. The molecular weight excluding hydrogens is 324 g/mol. The third-order valence-electron chi connectivity index (χ3n) is 7.01. The van der Waals surface area contributed by atoms with Crippen molar-refractivity contribution in [3.8, 4) is 0 Å². The van der Waals surface area contributed by atoms with E-state index in [1.165, 1.54) is 89.9 Å². The van der Waals surface area contributed by atoms with E-state index in [4.69, 9.17) is 9.57 Å². The van der Waals surface area contributed by atoms with E-state index in [0.717, 1.165) is 31.7 Å². The van der Waals surface area contributed by atoms with Gasteiger partial charge in [-0.1, -0.05) is 58.3 Å². The van der Waals surface area contributed by atoms with Crippen LogP contribution in [-0.2, 0) is 9.57 Å². The summed E-state index contributed by atoms with van der Waals surface area (Å²) >= 11 is 0. The lowest BCUT2D eigenvalue weighted by Crippen LogP contribution is -2.59. The van der Waals surface area contributed by atoms with Crippen LogP contribution in [0.3, 0.4) is 0 Å². The van der Waals surface area contributed by atoms with Crippen LogP contribution < -0.4 is 10.8 Å². The molecule has 2 aliphatic carbocycles. The second-order valence-corrected chi connectivity index (χ2v) is 9.19. The van der Waals surface area contributed by atoms with Crippen molar-refractivity contribution in [1.29, 1.82) is 0 Å². The molecule has 0 radical (unpaired) electrons. The quantitative estimate of drug-likeness (QED) is 0.568. The van der Waals surface area contributed by atoms with Crippen LogP contribution in [0.25, 0.3) is 0 Å². The Labute approximate surface area is 161 Å². The molecule has 3 rings (SSSR count). The molecule has 2 saturated carbocycles. The van der Waals surface area contributed by atoms with Gasteiger partial charge < -0.3 is 4.74 Å². The van der Waals surface area contributed by atoms with Gasteiger partial charge in [0.15, 0.2) is 0 Å². The molecule has 0 aromatic heterocycles. The Balaban J connectivity index is 1.50. The van der Waals surface area contributed by atoms with Gasteiger partial charge in [0.05, 0.1) is 19.4 Å². The van der Waals surface area contributed by atoms with E-state index in [2.05, 4.69) is 17.7 Å². The summed E-state index contributed by atoms with van der Waals surface area (Å²) in [4.78, 5) is 5.73. The molecule has 3 aliphatic rings. The van der Waals surface area contributed by atoms with Gasteiger partial charge in [-0.2, -0.15) is 5.48 Å². The summed E-state index contributed by atoms with van der Waals surface area (Å²) in [6.45, 7) is 4.79. The molecule has 0 aromatic rings. The Kier molecular flexibility index (Phi) is 8.70. The molecule has 1 aliphatic heterocycles. The van der Waals surface area contributed by atoms with Gasteiger partial charge >= 0.3 is 0 Å². The molecular formula is C22H42N2O2. The number of rotatable bonds is 9. The second-order valence-electron chi connectivity index (χ2n) is 9.19. The molecule has 26 heavy (non-hydrogen) atoms. The van der Waals surface area contributed by atoms with Gasteiger partial charge in [0, 0.05) is 12.1 Å². The van der Waals surface area contributed by atoms with Crippen molar-refractivity contribution < 1.29 is 9.57 Å². The highest BCUT2D eigenvalue weighted by Gasteiger charge is 2.37. The summed E-state index contributed by atoms with van der Waals surface area (Å²) in [6, 6.07) is 0. The molecule has 3 fully saturated rings. The summed E-state index contributed by atoms with van der Waals surface area (Å²) in [5.41, 5.74) is 3.20. The minimum absolute atomic E-state index is 0.179. The Bertz CT molecular complexity index is 378. The zero-order chi connectivity index (χ0) is 18.1. The molecule has 0 aromatic carbocycles. The molecule has 0 bridgehead atoms. The fraction of sp³-hybridized carbons (Fsp3) is 1.00. The number of unbranched alkanes of at least 4 members (excludes halogenated alkanes) is 1. The van der Waals surface area contributed by atoms with Crippen molar-refractivity contribution >= 4 is 0 Å². The first kappa shape index (κ1) is 20.6. The lowest BCUT2D eigenvalue weighted by atomic mass is 9.74. The van der Waals surface area contributed by atoms with Crippen molar-refractivity contribution in [2.45, 2.75) is 108 Å². The lowest BCUT2D eigenvalue weighted by Gasteiger charge is -2.43. The van der Waals surface area contributed by atoms with Crippen LogP contribution >= 0.6 is 0 Å². The van der Waals surface area contributed by atoms with Crippen LogP contribution in [0.2, 0.25) is 0 Å². The predicted molar refractivity (Wildman–Crippen MR) is 107 cm³/mol. The van der Waals surface area contributed by atoms with Crippen LogP contribution in [0.1, 0.15) is 96.8 Å². The molecule has 2 unspecified atom stereocenters. The number of hydrogen-bond donors (Lipinski definition) is 2. The SMILES string of the molecule is CCCCOC1CCCC(C[C@]2(CCC3CCCCC3)CONCN2)C1. The maximum Gasteiger partial charge on any atom is 0.0865 e. The Morgan fingerprint density at radius 2 is 1.88 bits per heavy atom. The molecule has 4 heteroatoms. The van der Waals surface area contributed by atoms with Gasteiger partial charge in [-0.3, -0.25) is 10.2 Å². The fourth-order valence-corrected chi connectivity index (χ4v) is 5.39. The van der Waals surface area contributed by atoms with E-state index >= 15 is 0 Å². The van der Waals surface area contributed by atoms with Crippen LogP contribution in [0.5, 0.6) is 0 Å². The summed E-state index contributed by atoms with van der Waals surface area (Å²) in [6.07, 6.45) is 19.3. The van der Waals surface area contributed by atoms with Gasteiger partial charge in [0.25, 0.3) is 0 Å². The van der Waals surface area contributed by atoms with E-state index in [9.17, 15) is 0 Å². The first-order chi connectivity index (χ1) is 12.8. The van der Waals surface area contributed by atoms with Crippen molar-refractivity contribution in [3.63, 3.8) is 0 Å². The highest BCUT2D eigenvalue weighted by molar-refractivity contribution is 4.93. The smallest absolute Gasteiger partial charge is 0.0865 e. The number of ether oxygens (including phenoxy) is 1. The molecule has 3 atom stereocenters. The van der Waals surface area contributed by atoms with E-state index in [1.807, 2.05) is 0 Å². The topological polar surface area (TPSA) is 42.5 Å². The number of hydroxylamine groups is 1. The third-order valence-corrected chi connectivity index (χ3v) is 7.01. The summed E-state index contributed by atoms with van der Waals surface area (Å²) < 4.78 is 6.17. The average Bonchev–Trinajstić information content (AvgIpc) is 2.69. The van der Waals surface area contributed by atoms with Gasteiger partial charge in [0.2, 0.25) is 0 Å². The first-order valence-corrected chi connectivity index (χ1v) is 11.5. The first-order valence-electron chi connectivity index (χ1n) is 11.5. The van der Waals surface area contributed by atoms with E-state index in [1.54, 1.807) is 0 Å². The highest BCUT2D eigenvalue weighted by Crippen LogP contribution is 2.37. The Morgan fingerprint density at radius 3 is 2.65 bits per heavy atom. The third kappa shape index (κ3) is 6.47. The maximum absolute atomic E-state index is 6.17. The molecule has 0 amide bonds. The van der Waals surface area contributed by atoms with Gasteiger partial charge in [-0.05, 0) is 50.4 Å². The summed E-state index contributed by atoms with van der Waals surface area (Å²) in [5, 5.41) is 3.81. The van der Waals surface area contributed by atoms with Crippen LogP contribution in [-0.4, -0.2) is 31.5 Å². The van der Waals surface area contributed by atoms with E-state index < -0.39 is 0 Å². The monoisotopic (exact) mass is 366 g/mol.